The first kappa shape index (κ1) is 16.7. The first-order chi connectivity index (χ1) is 12.1. The molecule has 7 heteroatoms. The molecule has 0 radical (unpaired) electrons. The summed E-state index contributed by atoms with van der Waals surface area (Å²) < 4.78 is 4.73. The van der Waals surface area contributed by atoms with E-state index < -0.39 is 0 Å². The molecule has 0 saturated carbocycles. The molecule has 1 aliphatic rings. The zero-order valence-electron chi connectivity index (χ0n) is 14.2. The Kier molecular flexibility index (Phi) is 4.80. The predicted octanol–water partition coefficient (Wildman–Crippen LogP) is 1.85. The van der Waals surface area contributed by atoms with Crippen molar-refractivity contribution in [3.8, 4) is 6.07 Å². The second-order valence-electron chi connectivity index (χ2n) is 5.87. The van der Waals surface area contributed by atoms with E-state index in [0.29, 0.717) is 17.1 Å². The molecule has 7 nitrogen and oxygen atoms in total. The number of piperazine rings is 1. The molecule has 2 aromatic rings. The number of methoxy groups -OCH3 is 1. The molecular weight excluding hydrogens is 318 g/mol. The van der Waals surface area contributed by atoms with Gasteiger partial charge in [-0.3, -0.25) is 0 Å². The summed E-state index contributed by atoms with van der Waals surface area (Å²) in [5.74, 6) is 0.301. The number of anilines is 2. The molecule has 3 rings (SSSR count). The maximum Gasteiger partial charge on any atom is 0.337 e. The Balaban J connectivity index is 1.73. The monoisotopic (exact) mass is 337 g/mol. The lowest BCUT2D eigenvalue weighted by molar-refractivity contribution is 0.0601. The number of hydrogen-bond donors (Lipinski definition) is 0. The number of esters is 1. The van der Waals surface area contributed by atoms with Crippen LogP contribution in [0.3, 0.4) is 0 Å². The molecule has 1 aliphatic heterocycles. The van der Waals surface area contributed by atoms with Crippen LogP contribution in [0.5, 0.6) is 0 Å². The highest BCUT2D eigenvalue weighted by Crippen LogP contribution is 2.24. The quantitative estimate of drug-likeness (QED) is 0.790. The highest BCUT2D eigenvalue weighted by Gasteiger charge is 2.27. The van der Waals surface area contributed by atoms with Gasteiger partial charge in [0.1, 0.15) is 6.07 Å². The molecule has 0 bridgehead atoms. The van der Waals surface area contributed by atoms with Gasteiger partial charge in [-0.25, -0.2) is 14.8 Å². The Labute approximate surface area is 146 Å². The number of hydrogen-bond acceptors (Lipinski definition) is 7. The van der Waals surface area contributed by atoms with Crippen molar-refractivity contribution >= 4 is 17.5 Å². The Morgan fingerprint density at radius 2 is 1.96 bits per heavy atom. The molecule has 0 N–H and O–H groups in total. The summed E-state index contributed by atoms with van der Waals surface area (Å²) in [5.41, 5.74) is 1.94. The standard InChI is InChI=1S/C18H19N5O2/c1-13-12-22(15-5-3-14(4-6-15)18(24)25-2)9-10-23(13)17-16(11-19)20-7-8-21-17/h3-8,13H,9-10,12H2,1-2H3. The van der Waals surface area contributed by atoms with Gasteiger partial charge in [-0.1, -0.05) is 0 Å². The highest BCUT2D eigenvalue weighted by molar-refractivity contribution is 5.89. The Hall–Kier alpha value is -3.14. The van der Waals surface area contributed by atoms with E-state index in [9.17, 15) is 10.1 Å². The molecule has 128 valence electrons. The number of benzene rings is 1. The van der Waals surface area contributed by atoms with Gasteiger partial charge in [-0.05, 0) is 31.2 Å². The van der Waals surface area contributed by atoms with Crippen molar-refractivity contribution < 1.29 is 9.53 Å². The molecule has 1 saturated heterocycles. The second-order valence-corrected chi connectivity index (χ2v) is 5.87. The van der Waals surface area contributed by atoms with Gasteiger partial charge in [0.05, 0.1) is 12.7 Å². The minimum Gasteiger partial charge on any atom is -0.465 e. The summed E-state index contributed by atoms with van der Waals surface area (Å²) in [7, 11) is 1.37. The second kappa shape index (κ2) is 7.18. The molecule has 0 amide bonds. The van der Waals surface area contributed by atoms with E-state index >= 15 is 0 Å². The number of rotatable bonds is 3. The Morgan fingerprint density at radius 3 is 2.60 bits per heavy atom. The number of nitrogens with zero attached hydrogens (tertiary/aromatic N) is 5. The van der Waals surface area contributed by atoms with E-state index in [1.807, 2.05) is 12.1 Å². The minimum atomic E-state index is -0.337. The zero-order chi connectivity index (χ0) is 17.8. The molecule has 2 heterocycles. The Bertz CT molecular complexity index is 800. The van der Waals surface area contributed by atoms with Gasteiger partial charge >= 0.3 is 5.97 Å². The van der Waals surface area contributed by atoms with Gasteiger partial charge in [-0.2, -0.15) is 5.26 Å². The van der Waals surface area contributed by atoms with Gasteiger partial charge in [0.15, 0.2) is 11.5 Å². The molecule has 1 aromatic carbocycles. The molecule has 1 aromatic heterocycles. The summed E-state index contributed by atoms with van der Waals surface area (Å²) in [6, 6.07) is 9.69. The fourth-order valence-electron chi connectivity index (χ4n) is 3.05. The van der Waals surface area contributed by atoms with E-state index in [1.165, 1.54) is 13.3 Å². The van der Waals surface area contributed by atoms with Crippen LogP contribution >= 0.6 is 0 Å². The van der Waals surface area contributed by atoms with Crippen LogP contribution in [0.15, 0.2) is 36.7 Å². The lowest BCUT2D eigenvalue weighted by atomic mass is 10.1. The fourth-order valence-corrected chi connectivity index (χ4v) is 3.05. The average molecular weight is 337 g/mol. The maximum atomic E-state index is 11.5. The van der Waals surface area contributed by atoms with E-state index in [-0.39, 0.29) is 12.0 Å². The van der Waals surface area contributed by atoms with Gasteiger partial charge in [0.25, 0.3) is 0 Å². The molecule has 0 spiro atoms. The van der Waals surface area contributed by atoms with Gasteiger partial charge in [0.2, 0.25) is 0 Å². The van der Waals surface area contributed by atoms with Crippen LogP contribution in [0.1, 0.15) is 23.0 Å². The zero-order valence-corrected chi connectivity index (χ0v) is 14.2. The summed E-state index contributed by atoms with van der Waals surface area (Å²) in [5, 5.41) is 9.23. The summed E-state index contributed by atoms with van der Waals surface area (Å²) in [6.45, 7) is 4.43. The normalized spacial score (nSPS) is 17.1. The topological polar surface area (TPSA) is 82.3 Å². The van der Waals surface area contributed by atoms with Gasteiger partial charge in [-0.15, -0.1) is 0 Å². The van der Waals surface area contributed by atoms with Crippen molar-refractivity contribution in [2.24, 2.45) is 0 Å². The smallest absolute Gasteiger partial charge is 0.337 e. The number of ether oxygens (including phenoxy) is 1. The van der Waals surface area contributed by atoms with Gasteiger partial charge < -0.3 is 14.5 Å². The molecule has 25 heavy (non-hydrogen) atoms. The van der Waals surface area contributed by atoms with Crippen molar-refractivity contribution in [2.45, 2.75) is 13.0 Å². The van der Waals surface area contributed by atoms with E-state index in [2.05, 4.69) is 32.8 Å². The summed E-state index contributed by atoms with van der Waals surface area (Å²) in [4.78, 5) is 24.3. The molecule has 1 unspecified atom stereocenters. The van der Waals surface area contributed by atoms with Crippen LogP contribution in [0.4, 0.5) is 11.5 Å². The first-order valence-corrected chi connectivity index (χ1v) is 8.05. The van der Waals surface area contributed by atoms with E-state index in [1.54, 1.807) is 18.3 Å². The lowest BCUT2D eigenvalue weighted by Gasteiger charge is -2.41. The third-order valence-electron chi connectivity index (χ3n) is 4.34. The minimum absolute atomic E-state index is 0.179. The SMILES string of the molecule is COC(=O)c1ccc(N2CCN(c3nccnc3C#N)C(C)C2)cc1. The van der Waals surface area contributed by atoms with Crippen molar-refractivity contribution in [1.29, 1.82) is 5.26 Å². The number of carbonyl (C=O) groups excluding carboxylic acids is 1. The predicted molar refractivity (Wildman–Crippen MR) is 93.5 cm³/mol. The summed E-state index contributed by atoms with van der Waals surface area (Å²) >= 11 is 0. The third kappa shape index (κ3) is 3.38. The van der Waals surface area contributed by atoms with E-state index in [0.717, 1.165) is 25.3 Å². The molecule has 1 fully saturated rings. The van der Waals surface area contributed by atoms with Crippen molar-refractivity contribution in [2.75, 3.05) is 36.5 Å². The first-order valence-electron chi connectivity index (χ1n) is 8.05. The van der Waals surface area contributed by atoms with E-state index in [4.69, 9.17) is 4.74 Å². The number of nitriles is 1. The van der Waals surface area contributed by atoms with Crippen molar-refractivity contribution in [1.82, 2.24) is 9.97 Å². The lowest BCUT2D eigenvalue weighted by Crippen LogP contribution is -2.52. The summed E-state index contributed by atoms with van der Waals surface area (Å²) in [6.07, 6.45) is 3.15. The maximum absolute atomic E-state index is 11.5. The molecular formula is C18H19N5O2. The number of carbonyl (C=O) groups is 1. The van der Waals surface area contributed by atoms with Crippen molar-refractivity contribution in [3.63, 3.8) is 0 Å². The van der Waals surface area contributed by atoms with Crippen molar-refractivity contribution in [3.05, 3.63) is 47.9 Å². The van der Waals surface area contributed by atoms with Crippen LogP contribution in [0.25, 0.3) is 0 Å². The fraction of sp³-hybridized carbons (Fsp3) is 0.333. The molecule has 1 atom stereocenters. The Morgan fingerprint density at radius 1 is 1.24 bits per heavy atom. The number of aromatic nitrogens is 2. The van der Waals surface area contributed by atoms with Crippen LogP contribution < -0.4 is 9.80 Å². The highest BCUT2D eigenvalue weighted by atomic mass is 16.5. The average Bonchev–Trinajstić information content (AvgIpc) is 2.67. The molecule has 0 aliphatic carbocycles. The largest absolute Gasteiger partial charge is 0.465 e. The van der Waals surface area contributed by atoms with Crippen LogP contribution in [0, 0.1) is 11.3 Å². The van der Waals surface area contributed by atoms with Crippen LogP contribution in [0.2, 0.25) is 0 Å². The van der Waals surface area contributed by atoms with Gasteiger partial charge in [0, 0.05) is 43.8 Å². The third-order valence-corrected chi connectivity index (χ3v) is 4.34. The van der Waals surface area contributed by atoms with Crippen LogP contribution in [-0.2, 0) is 4.74 Å². The van der Waals surface area contributed by atoms with Crippen LogP contribution in [-0.4, -0.2) is 48.7 Å².